The van der Waals surface area contributed by atoms with Crippen molar-refractivity contribution in [3.8, 4) is 5.75 Å². The maximum absolute atomic E-state index is 13.2. The van der Waals surface area contributed by atoms with Gasteiger partial charge in [0.1, 0.15) is 11.6 Å². The summed E-state index contributed by atoms with van der Waals surface area (Å²) in [5, 5.41) is 3.50. The number of rotatable bonds is 4. The van der Waals surface area contributed by atoms with Gasteiger partial charge < -0.3 is 10.1 Å². The van der Waals surface area contributed by atoms with Crippen LogP contribution in [0.5, 0.6) is 5.75 Å². The Balaban J connectivity index is 1.64. The molecule has 1 N–H and O–H groups in total. The second-order valence-electron chi connectivity index (χ2n) is 5.41. The number of ether oxygens (including phenoxy) is 1. The Labute approximate surface area is 132 Å². The number of halogens is 2. The number of anilines is 1. The fraction of sp³-hybridized carbons (Fsp3) is 0.294. The minimum Gasteiger partial charge on any atom is -0.495 e. The van der Waals surface area contributed by atoms with Crippen molar-refractivity contribution in [3.05, 3.63) is 58.3 Å². The predicted molar refractivity (Wildman–Crippen MR) is 86.5 cm³/mol. The molecule has 21 heavy (non-hydrogen) atoms. The van der Waals surface area contributed by atoms with E-state index in [1.807, 2.05) is 24.3 Å². The standard InChI is InChI=1S/C17H17BrFNO/c1-21-17-6-5-13(18)10-16(17)20-15-8-12(9-15)11-3-2-4-14(19)7-11/h2-7,10,12,15,20H,8-9H2,1H3. The lowest BCUT2D eigenvalue weighted by Crippen LogP contribution is -2.34. The zero-order valence-electron chi connectivity index (χ0n) is 11.8. The van der Waals surface area contributed by atoms with Gasteiger partial charge >= 0.3 is 0 Å². The van der Waals surface area contributed by atoms with Crippen LogP contribution in [-0.2, 0) is 0 Å². The largest absolute Gasteiger partial charge is 0.495 e. The van der Waals surface area contributed by atoms with Crippen molar-refractivity contribution in [2.75, 3.05) is 12.4 Å². The van der Waals surface area contributed by atoms with Crippen LogP contribution >= 0.6 is 15.9 Å². The van der Waals surface area contributed by atoms with Gasteiger partial charge in [0.15, 0.2) is 0 Å². The van der Waals surface area contributed by atoms with Gasteiger partial charge in [0.2, 0.25) is 0 Å². The third-order valence-corrected chi connectivity index (χ3v) is 4.47. The Hall–Kier alpha value is -1.55. The number of benzene rings is 2. The smallest absolute Gasteiger partial charge is 0.142 e. The van der Waals surface area contributed by atoms with Crippen LogP contribution in [0.3, 0.4) is 0 Å². The summed E-state index contributed by atoms with van der Waals surface area (Å²) >= 11 is 3.47. The third kappa shape index (κ3) is 3.21. The van der Waals surface area contributed by atoms with Gasteiger partial charge in [-0.05, 0) is 54.7 Å². The molecular weight excluding hydrogens is 333 g/mol. The first-order chi connectivity index (χ1) is 10.2. The topological polar surface area (TPSA) is 21.3 Å². The van der Waals surface area contributed by atoms with Crippen molar-refractivity contribution >= 4 is 21.6 Å². The van der Waals surface area contributed by atoms with Gasteiger partial charge in [0.05, 0.1) is 12.8 Å². The summed E-state index contributed by atoms with van der Waals surface area (Å²) in [6, 6.07) is 13.2. The summed E-state index contributed by atoms with van der Waals surface area (Å²) in [6.07, 6.45) is 2.03. The lowest BCUT2D eigenvalue weighted by Gasteiger charge is -2.37. The zero-order chi connectivity index (χ0) is 14.8. The van der Waals surface area contributed by atoms with Crippen molar-refractivity contribution in [2.24, 2.45) is 0 Å². The van der Waals surface area contributed by atoms with Crippen LogP contribution < -0.4 is 10.1 Å². The quantitative estimate of drug-likeness (QED) is 0.842. The van der Waals surface area contributed by atoms with E-state index in [9.17, 15) is 4.39 Å². The van der Waals surface area contributed by atoms with Crippen molar-refractivity contribution < 1.29 is 9.13 Å². The molecule has 2 aromatic carbocycles. The molecule has 0 aromatic heterocycles. The molecule has 0 unspecified atom stereocenters. The maximum Gasteiger partial charge on any atom is 0.142 e. The highest BCUT2D eigenvalue weighted by Gasteiger charge is 2.30. The van der Waals surface area contributed by atoms with Crippen LogP contribution in [0.15, 0.2) is 46.9 Å². The molecule has 0 radical (unpaired) electrons. The highest BCUT2D eigenvalue weighted by Crippen LogP contribution is 2.40. The molecule has 1 aliphatic rings. The van der Waals surface area contributed by atoms with E-state index >= 15 is 0 Å². The molecule has 2 nitrogen and oxygen atoms in total. The Bertz CT molecular complexity index is 640. The van der Waals surface area contributed by atoms with Gasteiger partial charge in [0, 0.05) is 10.5 Å². The van der Waals surface area contributed by atoms with E-state index in [0.717, 1.165) is 34.3 Å². The van der Waals surface area contributed by atoms with Crippen LogP contribution in [0.2, 0.25) is 0 Å². The van der Waals surface area contributed by atoms with E-state index in [4.69, 9.17) is 4.74 Å². The molecule has 1 saturated carbocycles. The highest BCUT2D eigenvalue weighted by molar-refractivity contribution is 9.10. The van der Waals surface area contributed by atoms with E-state index in [1.165, 1.54) is 6.07 Å². The summed E-state index contributed by atoms with van der Waals surface area (Å²) < 4.78 is 19.6. The molecule has 1 fully saturated rings. The maximum atomic E-state index is 13.2. The van der Waals surface area contributed by atoms with Crippen LogP contribution in [0, 0.1) is 5.82 Å². The fourth-order valence-corrected chi connectivity index (χ4v) is 3.14. The molecule has 1 aliphatic carbocycles. The monoisotopic (exact) mass is 349 g/mol. The van der Waals surface area contributed by atoms with E-state index in [-0.39, 0.29) is 5.82 Å². The van der Waals surface area contributed by atoms with Crippen LogP contribution in [-0.4, -0.2) is 13.2 Å². The van der Waals surface area contributed by atoms with Gasteiger partial charge in [-0.2, -0.15) is 0 Å². The van der Waals surface area contributed by atoms with E-state index in [0.29, 0.717) is 12.0 Å². The van der Waals surface area contributed by atoms with E-state index < -0.39 is 0 Å². The van der Waals surface area contributed by atoms with Gasteiger partial charge in [-0.1, -0.05) is 28.1 Å². The molecule has 0 bridgehead atoms. The summed E-state index contributed by atoms with van der Waals surface area (Å²) in [5.41, 5.74) is 2.09. The van der Waals surface area contributed by atoms with Crippen LogP contribution in [0.25, 0.3) is 0 Å². The van der Waals surface area contributed by atoms with Crippen molar-refractivity contribution in [3.63, 3.8) is 0 Å². The average Bonchev–Trinajstić information content (AvgIpc) is 2.42. The van der Waals surface area contributed by atoms with Gasteiger partial charge in [-0.15, -0.1) is 0 Å². The first-order valence-electron chi connectivity index (χ1n) is 7.01. The van der Waals surface area contributed by atoms with E-state index in [2.05, 4.69) is 21.2 Å². The normalized spacial score (nSPS) is 20.7. The molecule has 0 amide bonds. The lowest BCUT2D eigenvalue weighted by molar-refractivity contribution is 0.369. The lowest BCUT2D eigenvalue weighted by atomic mass is 9.76. The molecule has 0 aliphatic heterocycles. The minimum atomic E-state index is -0.155. The van der Waals surface area contributed by atoms with Gasteiger partial charge in [-0.25, -0.2) is 4.39 Å². The van der Waals surface area contributed by atoms with Gasteiger partial charge in [0.25, 0.3) is 0 Å². The zero-order valence-corrected chi connectivity index (χ0v) is 13.4. The average molecular weight is 350 g/mol. The Morgan fingerprint density at radius 1 is 1.19 bits per heavy atom. The predicted octanol–water partition coefficient (Wildman–Crippen LogP) is 4.95. The first kappa shape index (κ1) is 14.4. The first-order valence-corrected chi connectivity index (χ1v) is 7.80. The minimum absolute atomic E-state index is 0.155. The second kappa shape index (κ2) is 6.06. The SMILES string of the molecule is COc1ccc(Br)cc1NC1CC(c2cccc(F)c2)C1. The highest BCUT2D eigenvalue weighted by atomic mass is 79.9. The Morgan fingerprint density at radius 2 is 2.00 bits per heavy atom. The molecule has 4 heteroatoms. The molecule has 2 aromatic rings. The number of hydrogen-bond acceptors (Lipinski definition) is 2. The Kier molecular flexibility index (Phi) is 4.15. The molecular formula is C17H17BrFNO. The molecule has 3 rings (SSSR count). The summed E-state index contributed by atoms with van der Waals surface area (Å²) in [7, 11) is 1.67. The van der Waals surface area contributed by atoms with Crippen LogP contribution in [0.4, 0.5) is 10.1 Å². The van der Waals surface area contributed by atoms with Crippen molar-refractivity contribution in [1.82, 2.24) is 0 Å². The molecule has 0 spiro atoms. The van der Waals surface area contributed by atoms with Crippen LogP contribution in [0.1, 0.15) is 24.3 Å². The summed E-state index contributed by atoms with van der Waals surface area (Å²) in [4.78, 5) is 0. The summed E-state index contributed by atoms with van der Waals surface area (Å²) in [6.45, 7) is 0. The van der Waals surface area contributed by atoms with Crippen molar-refractivity contribution in [2.45, 2.75) is 24.8 Å². The summed E-state index contributed by atoms with van der Waals surface area (Å²) in [5.74, 6) is 1.13. The third-order valence-electron chi connectivity index (χ3n) is 3.98. The second-order valence-corrected chi connectivity index (χ2v) is 6.32. The van der Waals surface area contributed by atoms with Crippen molar-refractivity contribution in [1.29, 1.82) is 0 Å². The molecule has 110 valence electrons. The molecule has 0 heterocycles. The number of nitrogens with one attached hydrogen (secondary N) is 1. The Morgan fingerprint density at radius 3 is 2.71 bits per heavy atom. The van der Waals surface area contributed by atoms with Gasteiger partial charge in [-0.3, -0.25) is 0 Å². The number of methoxy groups -OCH3 is 1. The molecule has 0 atom stereocenters. The number of hydrogen-bond donors (Lipinski definition) is 1. The molecule has 0 saturated heterocycles. The fourth-order valence-electron chi connectivity index (χ4n) is 2.78. The van der Waals surface area contributed by atoms with E-state index in [1.54, 1.807) is 19.2 Å².